The molecule has 8 nitrogen and oxygen atoms in total. The Balaban J connectivity index is 1.65. The van der Waals surface area contributed by atoms with Gasteiger partial charge in [-0.25, -0.2) is 9.47 Å². The molecule has 9 heteroatoms. The smallest absolute Gasteiger partial charge is 0.374 e. The van der Waals surface area contributed by atoms with Crippen molar-refractivity contribution in [2.75, 3.05) is 12.4 Å². The second kappa shape index (κ2) is 7.43. The Kier molecular flexibility index (Phi) is 4.82. The van der Waals surface area contributed by atoms with Crippen molar-refractivity contribution in [2.24, 2.45) is 0 Å². The molecule has 0 aliphatic carbocycles. The standard InChI is InChI=1S/C19H18N4O4S/c1-3-25-18(24)16-14(13-6-4-5-7-15(13)27-16)10-28-19-22-21-17(23(19)20)12-8-9-26-11(12)2/h4-9H,3,10,20H2,1-2H3. The first-order valence-corrected chi connectivity index (χ1v) is 9.64. The minimum absolute atomic E-state index is 0.199. The van der Waals surface area contributed by atoms with Crippen LogP contribution in [0.5, 0.6) is 0 Å². The number of aryl methyl sites for hydroxylation is 1. The van der Waals surface area contributed by atoms with Gasteiger partial charge in [0.05, 0.1) is 18.4 Å². The van der Waals surface area contributed by atoms with Gasteiger partial charge in [0.15, 0.2) is 5.82 Å². The van der Waals surface area contributed by atoms with Gasteiger partial charge in [0.25, 0.3) is 0 Å². The van der Waals surface area contributed by atoms with Gasteiger partial charge < -0.3 is 19.4 Å². The quantitative estimate of drug-likeness (QED) is 0.297. The Morgan fingerprint density at radius 1 is 1.29 bits per heavy atom. The number of ether oxygens (including phenoxy) is 1. The van der Waals surface area contributed by atoms with E-state index in [1.807, 2.05) is 31.2 Å². The molecule has 0 atom stereocenters. The zero-order valence-corrected chi connectivity index (χ0v) is 16.2. The highest BCUT2D eigenvalue weighted by Crippen LogP contribution is 2.33. The number of rotatable bonds is 6. The summed E-state index contributed by atoms with van der Waals surface area (Å²) in [7, 11) is 0. The Hall–Kier alpha value is -3.20. The lowest BCUT2D eigenvalue weighted by atomic mass is 10.1. The van der Waals surface area contributed by atoms with E-state index >= 15 is 0 Å². The number of thioether (sulfide) groups is 1. The molecule has 0 saturated carbocycles. The highest BCUT2D eigenvalue weighted by molar-refractivity contribution is 7.98. The fourth-order valence-electron chi connectivity index (χ4n) is 2.92. The highest BCUT2D eigenvalue weighted by Gasteiger charge is 2.23. The summed E-state index contributed by atoms with van der Waals surface area (Å²) in [6.45, 7) is 3.86. The van der Waals surface area contributed by atoms with Gasteiger partial charge >= 0.3 is 5.97 Å². The number of esters is 1. The molecule has 0 saturated heterocycles. The number of aromatic nitrogens is 3. The van der Waals surface area contributed by atoms with Crippen LogP contribution in [0.3, 0.4) is 0 Å². The van der Waals surface area contributed by atoms with Crippen LogP contribution in [-0.2, 0) is 10.5 Å². The number of furan rings is 2. The maximum absolute atomic E-state index is 12.3. The van der Waals surface area contributed by atoms with Gasteiger partial charge in [0.2, 0.25) is 10.9 Å². The van der Waals surface area contributed by atoms with Crippen molar-refractivity contribution in [3.8, 4) is 11.4 Å². The predicted molar refractivity (Wildman–Crippen MR) is 104 cm³/mol. The van der Waals surface area contributed by atoms with Gasteiger partial charge in [0, 0.05) is 16.7 Å². The van der Waals surface area contributed by atoms with Crippen LogP contribution in [0.2, 0.25) is 0 Å². The first kappa shape index (κ1) is 18.2. The average molecular weight is 398 g/mol. The van der Waals surface area contributed by atoms with Crippen LogP contribution in [0.25, 0.3) is 22.4 Å². The van der Waals surface area contributed by atoms with E-state index in [9.17, 15) is 4.79 Å². The molecule has 0 fully saturated rings. The van der Waals surface area contributed by atoms with Gasteiger partial charge in [-0.15, -0.1) is 10.2 Å². The van der Waals surface area contributed by atoms with Crippen LogP contribution in [0.4, 0.5) is 0 Å². The number of carbonyl (C=O) groups is 1. The summed E-state index contributed by atoms with van der Waals surface area (Å²) in [5.41, 5.74) is 2.15. The summed E-state index contributed by atoms with van der Waals surface area (Å²) in [5.74, 6) is 7.53. The summed E-state index contributed by atoms with van der Waals surface area (Å²) >= 11 is 1.36. The Morgan fingerprint density at radius 3 is 2.86 bits per heavy atom. The van der Waals surface area contributed by atoms with Crippen LogP contribution < -0.4 is 5.84 Å². The molecule has 2 N–H and O–H groups in total. The minimum atomic E-state index is -0.488. The summed E-state index contributed by atoms with van der Waals surface area (Å²) in [6, 6.07) is 9.27. The van der Waals surface area contributed by atoms with Crippen LogP contribution in [0.15, 0.2) is 50.6 Å². The van der Waals surface area contributed by atoms with E-state index in [1.54, 1.807) is 19.3 Å². The summed E-state index contributed by atoms with van der Waals surface area (Å²) in [5, 5.41) is 9.69. The van der Waals surface area contributed by atoms with E-state index in [0.29, 0.717) is 28.1 Å². The molecule has 0 bridgehead atoms. The fourth-order valence-corrected chi connectivity index (χ4v) is 3.80. The summed E-state index contributed by atoms with van der Waals surface area (Å²) in [6.07, 6.45) is 1.58. The molecule has 0 spiro atoms. The lowest BCUT2D eigenvalue weighted by Gasteiger charge is -2.04. The molecule has 144 valence electrons. The maximum atomic E-state index is 12.3. The molecule has 3 aromatic heterocycles. The highest BCUT2D eigenvalue weighted by atomic mass is 32.2. The number of para-hydroxylation sites is 1. The third-order valence-corrected chi connectivity index (χ3v) is 5.24. The molecule has 1 aromatic carbocycles. The molecular formula is C19H18N4O4S. The molecular weight excluding hydrogens is 380 g/mol. The van der Waals surface area contributed by atoms with E-state index < -0.39 is 5.97 Å². The van der Waals surface area contributed by atoms with Crippen molar-refractivity contribution in [3.05, 3.63) is 53.7 Å². The number of carbonyl (C=O) groups excluding carboxylic acids is 1. The Morgan fingerprint density at radius 2 is 2.11 bits per heavy atom. The number of nitrogen functional groups attached to an aromatic ring is 1. The molecule has 0 radical (unpaired) electrons. The van der Waals surface area contributed by atoms with E-state index in [2.05, 4.69) is 10.2 Å². The van der Waals surface area contributed by atoms with Gasteiger partial charge in [-0.05, 0) is 26.0 Å². The topological polar surface area (TPSA) is 109 Å². The van der Waals surface area contributed by atoms with Gasteiger partial charge in [0.1, 0.15) is 11.3 Å². The number of fused-ring (bicyclic) bond motifs is 1. The largest absolute Gasteiger partial charge is 0.469 e. The normalized spacial score (nSPS) is 11.2. The molecule has 4 rings (SSSR count). The molecule has 0 unspecified atom stereocenters. The minimum Gasteiger partial charge on any atom is -0.469 e. The second-order valence-corrected chi connectivity index (χ2v) is 6.92. The number of hydrogen-bond acceptors (Lipinski definition) is 8. The first-order valence-electron chi connectivity index (χ1n) is 8.65. The second-order valence-electron chi connectivity index (χ2n) is 5.98. The fraction of sp³-hybridized carbons (Fsp3) is 0.211. The van der Waals surface area contributed by atoms with Crippen LogP contribution >= 0.6 is 11.8 Å². The number of benzene rings is 1. The monoisotopic (exact) mass is 398 g/mol. The summed E-state index contributed by atoms with van der Waals surface area (Å²) < 4.78 is 17.6. The third-order valence-electron chi connectivity index (χ3n) is 4.27. The third kappa shape index (κ3) is 3.13. The van der Waals surface area contributed by atoms with Gasteiger partial charge in [-0.2, -0.15) is 0 Å². The van der Waals surface area contributed by atoms with Gasteiger partial charge in [-0.1, -0.05) is 30.0 Å². The van der Waals surface area contributed by atoms with Crippen LogP contribution in [-0.4, -0.2) is 27.4 Å². The first-order chi connectivity index (χ1) is 13.6. The van der Waals surface area contributed by atoms with Crippen molar-refractivity contribution in [1.29, 1.82) is 0 Å². The average Bonchev–Trinajstić information content (AvgIpc) is 3.37. The van der Waals surface area contributed by atoms with Crippen molar-refractivity contribution in [2.45, 2.75) is 24.8 Å². The van der Waals surface area contributed by atoms with Crippen molar-refractivity contribution in [3.63, 3.8) is 0 Å². The van der Waals surface area contributed by atoms with Crippen molar-refractivity contribution >= 4 is 28.7 Å². The van der Waals surface area contributed by atoms with E-state index in [4.69, 9.17) is 19.4 Å². The molecule has 0 aliphatic heterocycles. The SMILES string of the molecule is CCOC(=O)c1oc2ccccc2c1CSc1nnc(-c2ccoc2C)n1N. The Bertz CT molecular complexity index is 1140. The zero-order valence-electron chi connectivity index (χ0n) is 15.3. The molecule has 0 aliphatic rings. The zero-order chi connectivity index (χ0) is 19.7. The van der Waals surface area contributed by atoms with Crippen molar-refractivity contribution < 1.29 is 18.4 Å². The molecule has 4 aromatic rings. The number of nitrogens with zero attached hydrogens (tertiary/aromatic N) is 3. The van der Waals surface area contributed by atoms with Gasteiger partial charge in [-0.3, -0.25) is 0 Å². The lowest BCUT2D eigenvalue weighted by molar-refractivity contribution is 0.0491. The van der Waals surface area contributed by atoms with E-state index in [-0.39, 0.29) is 12.4 Å². The van der Waals surface area contributed by atoms with E-state index in [1.165, 1.54) is 16.4 Å². The molecule has 0 amide bonds. The number of hydrogen-bond donors (Lipinski definition) is 1. The van der Waals surface area contributed by atoms with Crippen molar-refractivity contribution in [1.82, 2.24) is 14.9 Å². The lowest BCUT2D eigenvalue weighted by Crippen LogP contribution is -2.12. The number of nitrogens with two attached hydrogens (primary N) is 1. The van der Waals surface area contributed by atoms with Crippen LogP contribution in [0, 0.1) is 6.92 Å². The molecule has 28 heavy (non-hydrogen) atoms. The summed E-state index contributed by atoms with van der Waals surface area (Å²) in [4.78, 5) is 12.3. The Labute approximate surface area is 164 Å². The maximum Gasteiger partial charge on any atom is 0.374 e. The van der Waals surface area contributed by atoms with Crippen LogP contribution in [0.1, 0.15) is 28.8 Å². The predicted octanol–water partition coefficient (Wildman–Crippen LogP) is 3.78. The van der Waals surface area contributed by atoms with E-state index in [0.717, 1.165) is 16.5 Å². The molecule has 3 heterocycles.